The Morgan fingerprint density at radius 2 is 2.21 bits per heavy atom. The first-order valence-corrected chi connectivity index (χ1v) is 6.25. The summed E-state index contributed by atoms with van der Waals surface area (Å²) < 4.78 is 5.36. The van der Waals surface area contributed by atoms with Crippen molar-refractivity contribution in [2.75, 3.05) is 13.2 Å². The lowest BCUT2D eigenvalue weighted by Crippen LogP contribution is -2.37. The molecule has 0 aliphatic heterocycles. The second-order valence-corrected chi connectivity index (χ2v) is 4.70. The number of hydrogen-bond donors (Lipinski definition) is 2. The fourth-order valence-corrected chi connectivity index (χ4v) is 1.59. The molecule has 0 amide bonds. The van der Waals surface area contributed by atoms with Crippen molar-refractivity contribution in [2.24, 2.45) is 10.7 Å². The van der Waals surface area contributed by atoms with Crippen molar-refractivity contribution in [3.63, 3.8) is 0 Å². The predicted molar refractivity (Wildman–Crippen MR) is 89.9 cm³/mol. The summed E-state index contributed by atoms with van der Waals surface area (Å²) in [5.74, 6) is 0.732. The zero-order valence-corrected chi connectivity index (χ0v) is 14.5. The summed E-state index contributed by atoms with van der Waals surface area (Å²) >= 11 is 11.6. The van der Waals surface area contributed by atoms with Gasteiger partial charge in [0.25, 0.3) is 0 Å². The van der Waals surface area contributed by atoms with Crippen molar-refractivity contribution in [1.29, 1.82) is 0 Å². The Morgan fingerprint density at radius 1 is 1.53 bits per heavy atom. The Balaban J connectivity index is 0.00000324. The van der Waals surface area contributed by atoms with Crippen LogP contribution in [-0.2, 0) is 0 Å². The minimum Gasteiger partial charge on any atom is -0.475 e. The van der Waals surface area contributed by atoms with Gasteiger partial charge in [0.1, 0.15) is 11.6 Å². The SMILES string of the molecule is CC(C)NC(N)=NCCOc1ncc(Cl)cc1Cl.I. The normalized spacial score (nSPS) is 11.1. The van der Waals surface area contributed by atoms with Crippen molar-refractivity contribution >= 4 is 53.1 Å². The van der Waals surface area contributed by atoms with E-state index in [-0.39, 0.29) is 30.0 Å². The van der Waals surface area contributed by atoms with E-state index in [1.807, 2.05) is 13.8 Å². The smallest absolute Gasteiger partial charge is 0.232 e. The minimum absolute atomic E-state index is 0. The molecule has 3 N–H and O–H groups in total. The van der Waals surface area contributed by atoms with E-state index >= 15 is 0 Å². The highest BCUT2D eigenvalue weighted by atomic mass is 127. The molecular weight excluding hydrogens is 402 g/mol. The van der Waals surface area contributed by atoms with Gasteiger partial charge in [-0.15, -0.1) is 24.0 Å². The molecule has 0 spiro atoms. The van der Waals surface area contributed by atoms with Gasteiger partial charge in [-0.1, -0.05) is 23.2 Å². The second kappa shape index (κ2) is 9.44. The number of guanidine groups is 1. The van der Waals surface area contributed by atoms with Crippen LogP contribution in [0.15, 0.2) is 17.3 Å². The van der Waals surface area contributed by atoms with Gasteiger partial charge in [0.05, 0.1) is 11.6 Å². The quantitative estimate of drug-likeness (QED) is 0.333. The Bertz CT molecular complexity index is 429. The average molecular weight is 419 g/mol. The maximum atomic E-state index is 5.90. The molecule has 0 aromatic carbocycles. The first-order chi connectivity index (χ1) is 8.49. The molecule has 0 aliphatic carbocycles. The molecule has 0 radical (unpaired) electrons. The molecule has 0 atom stereocenters. The Morgan fingerprint density at radius 3 is 2.79 bits per heavy atom. The lowest BCUT2D eigenvalue weighted by molar-refractivity contribution is 0.316. The summed E-state index contributed by atoms with van der Waals surface area (Å²) in [6, 6.07) is 1.82. The third-order valence-electron chi connectivity index (χ3n) is 1.82. The molecule has 1 rings (SSSR count). The van der Waals surface area contributed by atoms with Crippen molar-refractivity contribution < 1.29 is 4.74 Å². The van der Waals surface area contributed by atoms with Crippen LogP contribution in [0.1, 0.15) is 13.8 Å². The number of pyridine rings is 1. The standard InChI is InChI=1S/C11H16Cl2N4O.HI/c1-7(2)17-11(14)15-3-4-18-10-9(13)5-8(12)6-16-10;/h5-7H,3-4H2,1-2H3,(H3,14,15,17);1H. The maximum absolute atomic E-state index is 5.90. The average Bonchev–Trinajstić information content (AvgIpc) is 2.25. The lowest BCUT2D eigenvalue weighted by atomic mass is 10.4. The molecule has 0 fully saturated rings. The third-order valence-corrected chi connectivity index (χ3v) is 2.30. The van der Waals surface area contributed by atoms with Gasteiger partial charge < -0.3 is 15.8 Å². The molecular formula is C11H17Cl2IN4O. The number of nitrogens with one attached hydrogen (secondary N) is 1. The number of ether oxygens (including phenoxy) is 1. The molecule has 0 aliphatic rings. The zero-order chi connectivity index (χ0) is 13.5. The van der Waals surface area contributed by atoms with E-state index < -0.39 is 0 Å². The van der Waals surface area contributed by atoms with E-state index in [1.54, 1.807) is 6.07 Å². The Labute approximate surface area is 139 Å². The zero-order valence-electron chi connectivity index (χ0n) is 10.7. The molecule has 8 heteroatoms. The molecule has 1 heterocycles. The number of rotatable bonds is 5. The molecule has 108 valence electrons. The highest BCUT2D eigenvalue weighted by Crippen LogP contribution is 2.24. The molecule has 1 aromatic rings. The van der Waals surface area contributed by atoms with Crippen LogP contribution in [0, 0.1) is 0 Å². The van der Waals surface area contributed by atoms with Gasteiger partial charge in [-0.25, -0.2) is 9.98 Å². The van der Waals surface area contributed by atoms with E-state index in [2.05, 4.69) is 15.3 Å². The van der Waals surface area contributed by atoms with Gasteiger partial charge in [-0.05, 0) is 19.9 Å². The van der Waals surface area contributed by atoms with Crippen molar-refractivity contribution in [3.8, 4) is 5.88 Å². The highest BCUT2D eigenvalue weighted by Gasteiger charge is 2.03. The van der Waals surface area contributed by atoms with Crippen molar-refractivity contribution in [2.45, 2.75) is 19.9 Å². The van der Waals surface area contributed by atoms with Gasteiger partial charge in [-0.3, -0.25) is 0 Å². The Hall–Kier alpha value is -0.470. The van der Waals surface area contributed by atoms with Crippen LogP contribution in [0.5, 0.6) is 5.88 Å². The van der Waals surface area contributed by atoms with Crippen molar-refractivity contribution in [3.05, 3.63) is 22.3 Å². The van der Waals surface area contributed by atoms with E-state index in [9.17, 15) is 0 Å². The summed E-state index contributed by atoms with van der Waals surface area (Å²) in [5.41, 5.74) is 5.63. The van der Waals surface area contributed by atoms with Crippen LogP contribution in [0.3, 0.4) is 0 Å². The van der Waals surface area contributed by atoms with Gasteiger partial charge >= 0.3 is 0 Å². The molecule has 0 bridgehead atoms. The topological polar surface area (TPSA) is 72.5 Å². The molecule has 1 aromatic heterocycles. The number of aromatic nitrogens is 1. The summed E-state index contributed by atoms with van der Waals surface area (Å²) in [4.78, 5) is 8.05. The lowest BCUT2D eigenvalue weighted by Gasteiger charge is -2.09. The fourth-order valence-electron chi connectivity index (χ4n) is 1.16. The predicted octanol–water partition coefficient (Wildman–Crippen LogP) is 2.70. The highest BCUT2D eigenvalue weighted by molar-refractivity contribution is 14.0. The Kier molecular flexibility index (Phi) is 9.20. The van der Waals surface area contributed by atoms with Crippen LogP contribution in [-0.4, -0.2) is 30.1 Å². The summed E-state index contributed by atoms with van der Waals surface area (Å²) in [7, 11) is 0. The van der Waals surface area contributed by atoms with Gasteiger partial charge in [0.15, 0.2) is 5.96 Å². The van der Waals surface area contributed by atoms with Crippen LogP contribution in [0.25, 0.3) is 0 Å². The van der Waals surface area contributed by atoms with E-state index in [1.165, 1.54) is 6.20 Å². The summed E-state index contributed by atoms with van der Waals surface area (Å²) in [6.07, 6.45) is 1.47. The molecule has 0 saturated heterocycles. The van der Waals surface area contributed by atoms with Gasteiger partial charge in [0.2, 0.25) is 5.88 Å². The van der Waals surface area contributed by atoms with Crippen LogP contribution in [0.2, 0.25) is 10.0 Å². The largest absolute Gasteiger partial charge is 0.475 e. The van der Waals surface area contributed by atoms with Crippen LogP contribution >= 0.6 is 47.2 Å². The maximum Gasteiger partial charge on any atom is 0.232 e. The summed E-state index contributed by atoms with van der Waals surface area (Å²) in [5, 5.41) is 3.82. The fraction of sp³-hybridized carbons (Fsp3) is 0.455. The molecule has 5 nitrogen and oxygen atoms in total. The second-order valence-electron chi connectivity index (χ2n) is 3.85. The molecule has 0 unspecified atom stereocenters. The van der Waals surface area contributed by atoms with Crippen LogP contribution < -0.4 is 15.8 Å². The number of halogens is 3. The monoisotopic (exact) mass is 418 g/mol. The number of aliphatic imine (C=N–C) groups is 1. The van der Waals surface area contributed by atoms with E-state index in [4.69, 9.17) is 33.7 Å². The van der Waals surface area contributed by atoms with Gasteiger partial charge in [-0.2, -0.15) is 0 Å². The number of nitrogens with zero attached hydrogens (tertiary/aromatic N) is 2. The van der Waals surface area contributed by atoms with Crippen molar-refractivity contribution in [1.82, 2.24) is 10.3 Å². The summed E-state index contributed by atoms with van der Waals surface area (Å²) in [6.45, 7) is 4.73. The van der Waals surface area contributed by atoms with E-state index in [0.29, 0.717) is 35.0 Å². The van der Waals surface area contributed by atoms with Crippen LogP contribution in [0.4, 0.5) is 0 Å². The third kappa shape index (κ3) is 7.64. The van der Waals surface area contributed by atoms with Gasteiger partial charge in [0, 0.05) is 12.2 Å². The molecule has 19 heavy (non-hydrogen) atoms. The first kappa shape index (κ1) is 18.5. The molecule has 0 saturated carbocycles. The minimum atomic E-state index is 0. The number of nitrogens with two attached hydrogens (primary N) is 1. The first-order valence-electron chi connectivity index (χ1n) is 5.49. The van der Waals surface area contributed by atoms with E-state index in [0.717, 1.165) is 0 Å². The number of hydrogen-bond acceptors (Lipinski definition) is 3.